The SMILES string of the molecule is N#CCC(=O)c1ccc(C(O)C(O)CCCl)cc1. The summed E-state index contributed by atoms with van der Waals surface area (Å²) in [7, 11) is 0. The van der Waals surface area contributed by atoms with Gasteiger partial charge in [-0.2, -0.15) is 5.26 Å². The highest BCUT2D eigenvalue weighted by atomic mass is 35.5. The molecule has 4 nitrogen and oxygen atoms in total. The van der Waals surface area contributed by atoms with Crippen LogP contribution in [-0.2, 0) is 0 Å². The Morgan fingerprint density at radius 3 is 2.44 bits per heavy atom. The number of carbonyl (C=O) groups is 1. The minimum atomic E-state index is -1.02. The molecule has 0 amide bonds. The van der Waals surface area contributed by atoms with Crippen LogP contribution in [0.4, 0.5) is 0 Å². The van der Waals surface area contributed by atoms with E-state index in [1.54, 1.807) is 18.2 Å². The van der Waals surface area contributed by atoms with Gasteiger partial charge in [0.2, 0.25) is 0 Å². The van der Waals surface area contributed by atoms with E-state index in [4.69, 9.17) is 16.9 Å². The molecule has 0 heterocycles. The molecule has 18 heavy (non-hydrogen) atoms. The lowest BCUT2D eigenvalue weighted by Crippen LogP contribution is -2.18. The molecular weight excluding hydrogens is 254 g/mol. The van der Waals surface area contributed by atoms with E-state index in [-0.39, 0.29) is 24.5 Å². The molecule has 96 valence electrons. The summed E-state index contributed by atoms with van der Waals surface area (Å²) in [5.74, 6) is -0.00315. The number of aliphatic hydroxyl groups excluding tert-OH is 2. The van der Waals surface area contributed by atoms with E-state index in [9.17, 15) is 15.0 Å². The Morgan fingerprint density at radius 1 is 1.33 bits per heavy atom. The number of nitrogens with zero attached hydrogens (tertiary/aromatic N) is 1. The van der Waals surface area contributed by atoms with E-state index < -0.39 is 12.2 Å². The molecule has 0 bridgehead atoms. The van der Waals surface area contributed by atoms with Gasteiger partial charge in [0, 0.05) is 11.4 Å². The molecule has 0 fully saturated rings. The van der Waals surface area contributed by atoms with Crippen molar-refractivity contribution in [3.8, 4) is 6.07 Å². The maximum Gasteiger partial charge on any atom is 0.176 e. The Balaban J connectivity index is 2.76. The number of carbonyl (C=O) groups excluding carboxylic acids is 1. The van der Waals surface area contributed by atoms with Crippen LogP contribution in [-0.4, -0.2) is 28.0 Å². The zero-order valence-electron chi connectivity index (χ0n) is 9.71. The quantitative estimate of drug-likeness (QED) is 0.608. The molecular formula is C13H14ClNO3. The Kier molecular flexibility index (Phi) is 5.79. The van der Waals surface area contributed by atoms with Crippen LogP contribution in [0.3, 0.4) is 0 Å². The number of ketones is 1. The average molecular weight is 268 g/mol. The number of hydrogen-bond donors (Lipinski definition) is 2. The summed E-state index contributed by atoms with van der Waals surface area (Å²) in [6.07, 6.45) is -1.83. The predicted octanol–water partition coefficient (Wildman–Crippen LogP) is 1.81. The first-order valence-corrected chi connectivity index (χ1v) is 6.05. The van der Waals surface area contributed by atoms with Crippen LogP contribution >= 0.6 is 11.6 Å². The van der Waals surface area contributed by atoms with E-state index >= 15 is 0 Å². The van der Waals surface area contributed by atoms with Gasteiger partial charge in [-0.25, -0.2) is 0 Å². The average Bonchev–Trinajstić information content (AvgIpc) is 2.38. The number of hydrogen-bond acceptors (Lipinski definition) is 4. The van der Waals surface area contributed by atoms with Gasteiger partial charge in [0.25, 0.3) is 0 Å². The lowest BCUT2D eigenvalue weighted by atomic mass is 10.00. The zero-order valence-corrected chi connectivity index (χ0v) is 10.5. The number of nitriles is 1. The van der Waals surface area contributed by atoms with Crippen molar-refractivity contribution in [2.45, 2.75) is 25.0 Å². The molecule has 2 unspecified atom stereocenters. The highest BCUT2D eigenvalue weighted by Crippen LogP contribution is 2.20. The van der Waals surface area contributed by atoms with Crippen molar-refractivity contribution >= 4 is 17.4 Å². The Morgan fingerprint density at radius 2 is 1.94 bits per heavy atom. The van der Waals surface area contributed by atoms with E-state index in [0.29, 0.717) is 11.1 Å². The van der Waals surface area contributed by atoms with Crippen LogP contribution in [0, 0.1) is 11.3 Å². The van der Waals surface area contributed by atoms with Gasteiger partial charge < -0.3 is 10.2 Å². The third kappa shape index (κ3) is 3.81. The number of benzene rings is 1. The van der Waals surface area contributed by atoms with Crippen LogP contribution in [0.2, 0.25) is 0 Å². The number of aliphatic hydroxyl groups is 2. The van der Waals surface area contributed by atoms with E-state index in [1.165, 1.54) is 12.1 Å². The fourth-order valence-corrected chi connectivity index (χ4v) is 1.76. The van der Waals surface area contributed by atoms with Crippen LogP contribution in [0.1, 0.15) is 34.9 Å². The maximum absolute atomic E-state index is 11.4. The first-order valence-electron chi connectivity index (χ1n) is 5.52. The molecule has 0 aromatic heterocycles. The van der Waals surface area contributed by atoms with Crippen LogP contribution in [0.5, 0.6) is 0 Å². The smallest absolute Gasteiger partial charge is 0.176 e. The molecule has 0 aliphatic heterocycles. The molecule has 0 aliphatic rings. The second-order valence-corrected chi connectivity index (χ2v) is 4.25. The number of alkyl halides is 1. The van der Waals surface area contributed by atoms with Crippen molar-refractivity contribution in [3.05, 3.63) is 35.4 Å². The van der Waals surface area contributed by atoms with E-state index in [2.05, 4.69) is 0 Å². The molecule has 1 aromatic carbocycles. The fraction of sp³-hybridized carbons (Fsp3) is 0.385. The van der Waals surface area contributed by atoms with Crippen LogP contribution in [0.15, 0.2) is 24.3 Å². The molecule has 2 atom stereocenters. The molecule has 5 heteroatoms. The molecule has 2 N–H and O–H groups in total. The highest BCUT2D eigenvalue weighted by Gasteiger charge is 2.17. The maximum atomic E-state index is 11.4. The Labute approximate surface area is 110 Å². The zero-order chi connectivity index (χ0) is 13.5. The molecule has 1 aromatic rings. The normalized spacial score (nSPS) is 13.7. The van der Waals surface area contributed by atoms with Gasteiger partial charge in [-0.1, -0.05) is 24.3 Å². The monoisotopic (exact) mass is 267 g/mol. The molecule has 0 spiro atoms. The van der Waals surface area contributed by atoms with Crippen molar-refractivity contribution in [1.82, 2.24) is 0 Å². The summed E-state index contributed by atoms with van der Waals surface area (Å²) >= 11 is 5.48. The lowest BCUT2D eigenvalue weighted by Gasteiger charge is -2.17. The van der Waals surface area contributed by atoms with Crippen LogP contribution < -0.4 is 0 Å². The second-order valence-electron chi connectivity index (χ2n) is 3.87. The molecule has 0 saturated carbocycles. The highest BCUT2D eigenvalue weighted by molar-refractivity contribution is 6.17. The van der Waals surface area contributed by atoms with Crippen molar-refractivity contribution in [2.75, 3.05) is 5.88 Å². The summed E-state index contributed by atoms with van der Waals surface area (Å²) in [5.41, 5.74) is 0.931. The lowest BCUT2D eigenvalue weighted by molar-refractivity contribution is 0.0170. The fourth-order valence-electron chi connectivity index (χ4n) is 1.53. The Bertz CT molecular complexity index is 439. The van der Waals surface area contributed by atoms with Gasteiger partial charge in [-0.3, -0.25) is 4.79 Å². The van der Waals surface area contributed by atoms with Gasteiger partial charge in [0.05, 0.1) is 18.6 Å². The topological polar surface area (TPSA) is 81.3 Å². The minimum Gasteiger partial charge on any atom is -0.390 e. The predicted molar refractivity (Wildman–Crippen MR) is 67.3 cm³/mol. The van der Waals surface area contributed by atoms with E-state index in [0.717, 1.165) is 0 Å². The number of halogens is 1. The van der Waals surface area contributed by atoms with Gasteiger partial charge in [0.1, 0.15) is 6.10 Å². The van der Waals surface area contributed by atoms with Crippen molar-refractivity contribution in [3.63, 3.8) is 0 Å². The molecule has 0 saturated heterocycles. The van der Waals surface area contributed by atoms with Gasteiger partial charge in [-0.15, -0.1) is 11.6 Å². The van der Waals surface area contributed by atoms with Crippen molar-refractivity contribution < 1.29 is 15.0 Å². The molecule has 1 rings (SSSR count). The summed E-state index contributed by atoms with van der Waals surface area (Å²) in [4.78, 5) is 11.4. The summed E-state index contributed by atoms with van der Waals surface area (Å²) < 4.78 is 0. The largest absolute Gasteiger partial charge is 0.390 e. The number of Topliss-reactive ketones (excluding diaryl/α,β-unsaturated/α-hetero) is 1. The Hall–Kier alpha value is -1.41. The standard InChI is InChI=1S/C13H14ClNO3/c14-7-5-12(17)13(18)10-3-1-9(2-4-10)11(16)6-8-15/h1-4,12-13,17-18H,5-7H2. The van der Waals surface area contributed by atoms with Crippen molar-refractivity contribution in [2.24, 2.45) is 0 Å². The first kappa shape index (κ1) is 14.7. The minimum absolute atomic E-state index is 0.170. The van der Waals surface area contributed by atoms with E-state index in [1.807, 2.05) is 0 Å². The summed E-state index contributed by atoms with van der Waals surface area (Å²) in [5, 5.41) is 27.8. The first-order chi connectivity index (χ1) is 8.60. The summed E-state index contributed by atoms with van der Waals surface area (Å²) in [6, 6.07) is 7.98. The van der Waals surface area contributed by atoms with Gasteiger partial charge in [-0.05, 0) is 12.0 Å². The van der Waals surface area contributed by atoms with Crippen molar-refractivity contribution in [1.29, 1.82) is 5.26 Å². The molecule has 0 radical (unpaired) electrons. The van der Waals surface area contributed by atoms with Crippen LogP contribution in [0.25, 0.3) is 0 Å². The van der Waals surface area contributed by atoms with Gasteiger partial charge >= 0.3 is 0 Å². The molecule has 0 aliphatic carbocycles. The third-order valence-electron chi connectivity index (χ3n) is 2.58. The number of rotatable bonds is 6. The second kappa shape index (κ2) is 7.12. The summed E-state index contributed by atoms with van der Waals surface area (Å²) in [6.45, 7) is 0. The van der Waals surface area contributed by atoms with Gasteiger partial charge in [0.15, 0.2) is 5.78 Å². The third-order valence-corrected chi connectivity index (χ3v) is 2.80.